The Morgan fingerprint density at radius 3 is 2.75 bits per heavy atom. The van der Waals surface area contributed by atoms with Crippen molar-refractivity contribution in [1.82, 2.24) is 0 Å². The second kappa shape index (κ2) is 7.15. The monoisotopic (exact) mass is 375 g/mol. The molecule has 6 heteroatoms. The van der Waals surface area contributed by atoms with E-state index in [1.54, 1.807) is 26.2 Å². The molecule has 0 bridgehead atoms. The first-order chi connectivity index (χ1) is 13.6. The predicted molar refractivity (Wildman–Crippen MR) is 106 cm³/mol. The maximum absolute atomic E-state index is 11.1. The highest BCUT2D eigenvalue weighted by molar-refractivity contribution is 5.91. The molecular formula is C22H19N2O4+. The molecule has 4 rings (SSSR count). The number of nitrogens with zero attached hydrogens (tertiary/aromatic N) is 2. The molecule has 0 unspecified atom stereocenters. The molecule has 0 fully saturated rings. The Balaban J connectivity index is 1.70. The molecule has 140 valence electrons. The molecule has 0 aliphatic rings. The minimum absolute atomic E-state index is 0.0927. The zero-order chi connectivity index (χ0) is 19.7. The lowest BCUT2D eigenvalue weighted by Gasteiger charge is -2.13. The van der Waals surface area contributed by atoms with Crippen LogP contribution in [-0.4, -0.2) is 12.0 Å². The second-order valence-corrected chi connectivity index (χ2v) is 6.57. The highest BCUT2D eigenvalue weighted by Crippen LogP contribution is 2.36. The van der Waals surface area contributed by atoms with E-state index in [0.29, 0.717) is 17.1 Å². The van der Waals surface area contributed by atoms with Crippen LogP contribution in [0.15, 0.2) is 67.0 Å². The standard InChI is InChI=1S/C22H19N2O4/c1-15-6-7-16(11-20(15)24(25)26)14-28-21-9-8-17-13-23-10-4-3-5-18(23)12-19(17)22(21)27-2/h3-13H,14H2,1-2H3/q+1. The summed E-state index contributed by atoms with van der Waals surface area (Å²) in [5.74, 6) is 1.24. The molecule has 2 aromatic heterocycles. The van der Waals surface area contributed by atoms with Gasteiger partial charge < -0.3 is 9.47 Å². The summed E-state index contributed by atoms with van der Waals surface area (Å²) < 4.78 is 13.6. The highest BCUT2D eigenvalue weighted by Gasteiger charge is 2.15. The summed E-state index contributed by atoms with van der Waals surface area (Å²) in [6, 6.07) is 17.0. The fourth-order valence-electron chi connectivity index (χ4n) is 3.29. The Kier molecular flexibility index (Phi) is 4.53. The maximum atomic E-state index is 11.1. The van der Waals surface area contributed by atoms with Gasteiger partial charge in [-0.3, -0.25) is 10.1 Å². The zero-order valence-corrected chi connectivity index (χ0v) is 15.6. The summed E-state index contributed by atoms with van der Waals surface area (Å²) >= 11 is 0. The summed E-state index contributed by atoms with van der Waals surface area (Å²) in [7, 11) is 1.61. The molecule has 4 aromatic rings. The van der Waals surface area contributed by atoms with Gasteiger partial charge >= 0.3 is 0 Å². The van der Waals surface area contributed by atoms with Crippen molar-refractivity contribution in [3.63, 3.8) is 0 Å². The lowest BCUT2D eigenvalue weighted by molar-refractivity contribution is -0.510. The molecule has 0 amide bonds. The second-order valence-electron chi connectivity index (χ2n) is 6.57. The number of fused-ring (bicyclic) bond motifs is 2. The first kappa shape index (κ1) is 17.7. The van der Waals surface area contributed by atoms with Crippen LogP contribution < -0.4 is 13.9 Å². The largest absolute Gasteiger partial charge is 0.492 e. The van der Waals surface area contributed by atoms with Gasteiger partial charge in [-0.15, -0.1) is 0 Å². The van der Waals surface area contributed by atoms with Crippen molar-refractivity contribution < 1.29 is 18.8 Å². The number of methoxy groups -OCH3 is 1. The lowest BCUT2D eigenvalue weighted by Crippen LogP contribution is -2.19. The third kappa shape index (κ3) is 3.20. The molecule has 2 aromatic carbocycles. The topological polar surface area (TPSA) is 65.7 Å². The first-order valence-electron chi connectivity index (χ1n) is 8.84. The number of ether oxygens (including phenoxy) is 2. The molecule has 0 aliphatic carbocycles. The van der Waals surface area contributed by atoms with Crippen molar-refractivity contribution in [2.45, 2.75) is 13.5 Å². The van der Waals surface area contributed by atoms with Gasteiger partial charge in [0.1, 0.15) is 6.61 Å². The number of benzene rings is 2. The molecule has 2 heterocycles. The third-order valence-electron chi connectivity index (χ3n) is 4.76. The van der Waals surface area contributed by atoms with E-state index < -0.39 is 0 Å². The third-order valence-corrected chi connectivity index (χ3v) is 4.76. The molecule has 0 N–H and O–H groups in total. The van der Waals surface area contributed by atoms with Crippen LogP contribution in [0.5, 0.6) is 11.5 Å². The van der Waals surface area contributed by atoms with Gasteiger partial charge in [0.2, 0.25) is 5.52 Å². The number of aromatic nitrogens is 1. The van der Waals surface area contributed by atoms with Crippen LogP contribution in [0.25, 0.3) is 16.3 Å². The van der Waals surface area contributed by atoms with Gasteiger partial charge in [-0.1, -0.05) is 12.1 Å². The summed E-state index contributed by atoms with van der Waals surface area (Å²) in [6.45, 7) is 1.93. The van der Waals surface area contributed by atoms with Gasteiger partial charge in [-0.05, 0) is 30.7 Å². The number of rotatable bonds is 5. The Morgan fingerprint density at radius 1 is 1.11 bits per heavy atom. The van der Waals surface area contributed by atoms with Crippen LogP contribution in [0.2, 0.25) is 0 Å². The smallest absolute Gasteiger partial charge is 0.272 e. The van der Waals surface area contributed by atoms with Crippen molar-refractivity contribution in [1.29, 1.82) is 0 Å². The number of nitro benzene ring substituents is 1. The fourth-order valence-corrected chi connectivity index (χ4v) is 3.29. The molecule has 0 radical (unpaired) electrons. The zero-order valence-electron chi connectivity index (χ0n) is 15.6. The summed E-state index contributed by atoms with van der Waals surface area (Å²) in [6.07, 6.45) is 4.04. The van der Waals surface area contributed by atoms with Crippen molar-refractivity contribution in [3.8, 4) is 11.5 Å². The Hall–Kier alpha value is -3.67. The number of hydrogen-bond acceptors (Lipinski definition) is 4. The Labute approximate surface area is 161 Å². The number of pyridine rings is 2. The van der Waals surface area contributed by atoms with Crippen LogP contribution in [0.3, 0.4) is 0 Å². The van der Waals surface area contributed by atoms with Crippen LogP contribution in [0, 0.1) is 17.0 Å². The van der Waals surface area contributed by atoms with E-state index in [4.69, 9.17) is 9.47 Å². The van der Waals surface area contributed by atoms with E-state index in [2.05, 4.69) is 6.07 Å². The van der Waals surface area contributed by atoms with E-state index >= 15 is 0 Å². The lowest BCUT2D eigenvalue weighted by atomic mass is 10.1. The first-order valence-corrected chi connectivity index (χ1v) is 8.84. The van der Waals surface area contributed by atoms with Gasteiger partial charge in [-0.25, -0.2) is 0 Å². The van der Waals surface area contributed by atoms with Gasteiger partial charge in [-0.2, -0.15) is 4.40 Å². The quantitative estimate of drug-likeness (QED) is 0.225. The van der Waals surface area contributed by atoms with E-state index in [9.17, 15) is 10.1 Å². The van der Waals surface area contributed by atoms with E-state index in [1.165, 1.54) is 0 Å². The van der Waals surface area contributed by atoms with Gasteiger partial charge in [0.25, 0.3) is 5.69 Å². The van der Waals surface area contributed by atoms with Crippen molar-refractivity contribution in [2.24, 2.45) is 0 Å². The SMILES string of the molecule is COc1c(OCc2ccc(C)c([N+](=O)[O-])c2)ccc2c[n+]3ccccc3cc12. The van der Waals surface area contributed by atoms with Crippen molar-refractivity contribution in [3.05, 3.63) is 88.2 Å². The van der Waals surface area contributed by atoms with E-state index in [0.717, 1.165) is 21.9 Å². The van der Waals surface area contributed by atoms with Crippen LogP contribution in [0.1, 0.15) is 11.1 Å². The normalized spacial score (nSPS) is 10.9. The molecule has 28 heavy (non-hydrogen) atoms. The van der Waals surface area contributed by atoms with Gasteiger partial charge in [0, 0.05) is 35.2 Å². The number of hydrogen-bond donors (Lipinski definition) is 0. The minimum atomic E-state index is -0.377. The molecule has 0 aliphatic heterocycles. The van der Waals surface area contributed by atoms with Crippen molar-refractivity contribution >= 4 is 22.0 Å². The fraction of sp³-hybridized carbons (Fsp3) is 0.136. The van der Waals surface area contributed by atoms with E-state index in [1.807, 2.05) is 53.2 Å². The summed E-state index contributed by atoms with van der Waals surface area (Å²) in [5.41, 5.74) is 2.49. The predicted octanol–water partition coefficient (Wildman–Crippen LogP) is 4.38. The molecular weight excluding hydrogens is 356 g/mol. The van der Waals surface area contributed by atoms with Gasteiger partial charge in [0.15, 0.2) is 23.9 Å². The maximum Gasteiger partial charge on any atom is 0.272 e. The number of aryl methyl sites for hydroxylation is 1. The molecule has 0 saturated heterocycles. The average Bonchev–Trinajstić information content (AvgIpc) is 2.71. The molecule has 0 spiro atoms. The van der Waals surface area contributed by atoms with E-state index in [-0.39, 0.29) is 17.2 Å². The minimum Gasteiger partial charge on any atom is -0.492 e. The molecule has 0 atom stereocenters. The Bertz CT molecular complexity index is 1200. The summed E-state index contributed by atoms with van der Waals surface area (Å²) in [5, 5.41) is 13.1. The van der Waals surface area contributed by atoms with Gasteiger partial charge in [0.05, 0.1) is 17.4 Å². The molecule has 6 nitrogen and oxygen atoms in total. The average molecular weight is 375 g/mol. The highest BCUT2D eigenvalue weighted by atomic mass is 16.6. The van der Waals surface area contributed by atoms with Crippen molar-refractivity contribution in [2.75, 3.05) is 7.11 Å². The number of nitro groups is 1. The Morgan fingerprint density at radius 2 is 1.96 bits per heavy atom. The van der Waals surface area contributed by atoms with Crippen LogP contribution in [0.4, 0.5) is 5.69 Å². The summed E-state index contributed by atoms with van der Waals surface area (Å²) in [4.78, 5) is 10.8. The van der Waals surface area contributed by atoms with Crippen LogP contribution in [-0.2, 0) is 6.61 Å². The molecule has 0 saturated carbocycles. The van der Waals surface area contributed by atoms with Crippen LogP contribution >= 0.6 is 0 Å².